The van der Waals surface area contributed by atoms with Crippen molar-refractivity contribution in [2.45, 2.75) is 44.2 Å². The van der Waals surface area contributed by atoms with Crippen molar-refractivity contribution in [1.82, 2.24) is 5.32 Å². The predicted octanol–water partition coefficient (Wildman–Crippen LogP) is 2.42. The topological polar surface area (TPSA) is 12.0 Å². The van der Waals surface area contributed by atoms with Crippen LogP contribution in [0.2, 0.25) is 0 Å². The standard InChI is InChI=1S/C11H22NP/c13-11-9-5-2-1-3-7-12-8-4-6-10(9)11/h9-12H,1-8,13H2. The summed E-state index contributed by atoms with van der Waals surface area (Å²) in [7, 11) is 3.05. The molecule has 13 heavy (non-hydrogen) atoms. The Labute approximate surface area is 84.3 Å². The first kappa shape index (κ1) is 9.93. The monoisotopic (exact) mass is 199 g/mol. The zero-order valence-corrected chi connectivity index (χ0v) is 9.62. The Morgan fingerprint density at radius 1 is 0.846 bits per heavy atom. The zero-order valence-electron chi connectivity index (χ0n) is 8.47. The summed E-state index contributed by atoms with van der Waals surface area (Å²) in [6.07, 6.45) is 8.65. The minimum absolute atomic E-state index is 0.972. The van der Waals surface area contributed by atoms with Crippen molar-refractivity contribution < 1.29 is 0 Å². The Balaban J connectivity index is 1.75. The van der Waals surface area contributed by atoms with Crippen LogP contribution in [-0.2, 0) is 0 Å². The Kier molecular flexibility index (Phi) is 3.63. The van der Waals surface area contributed by atoms with Crippen LogP contribution in [0, 0.1) is 11.8 Å². The van der Waals surface area contributed by atoms with Gasteiger partial charge in [-0.3, -0.25) is 0 Å². The largest absolute Gasteiger partial charge is 0.317 e. The van der Waals surface area contributed by atoms with E-state index >= 15 is 0 Å². The maximum Gasteiger partial charge on any atom is -0.00488 e. The van der Waals surface area contributed by atoms with Gasteiger partial charge in [0.1, 0.15) is 0 Å². The van der Waals surface area contributed by atoms with E-state index in [2.05, 4.69) is 14.6 Å². The maximum absolute atomic E-state index is 3.53. The van der Waals surface area contributed by atoms with Crippen molar-refractivity contribution in [2.75, 3.05) is 13.1 Å². The van der Waals surface area contributed by atoms with E-state index in [0.29, 0.717) is 0 Å². The molecule has 0 radical (unpaired) electrons. The zero-order chi connectivity index (χ0) is 9.10. The van der Waals surface area contributed by atoms with E-state index in [1.165, 1.54) is 51.6 Å². The van der Waals surface area contributed by atoms with Crippen molar-refractivity contribution in [3.8, 4) is 0 Å². The summed E-state index contributed by atoms with van der Waals surface area (Å²) >= 11 is 0. The van der Waals surface area contributed by atoms with Gasteiger partial charge >= 0.3 is 0 Å². The summed E-state index contributed by atoms with van der Waals surface area (Å²) < 4.78 is 0. The lowest BCUT2D eigenvalue weighted by molar-refractivity contribution is 0.564. The van der Waals surface area contributed by atoms with E-state index in [4.69, 9.17) is 0 Å². The van der Waals surface area contributed by atoms with E-state index in [1.54, 1.807) is 0 Å². The fourth-order valence-electron chi connectivity index (χ4n) is 2.68. The van der Waals surface area contributed by atoms with Crippen molar-refractivity contribution in [3.63, 3.8) is 0 Å². The molecule has 1 aliphatic heterocycles. The molecule has 1 heterocycles. The van der Waals surface area contributed by atoms with Crippen LogP contribution in [-0.4, -0.2) is 18.7 Å². The van der Waals surface area contributed by atoms with Crippen molar-refractivity contribution in [2.24, 2.45) is 11.8 Å². The second-order valence-electron chi connectivity index (χ2n) is 4.65. The van der Waals surface area contributed by atoms with Crippen molar-refractivity contribution in [3.05, 3.63) is 0 Å². The number of rotatable bonds is 0. The van der Waals surface area contributed by atoms with Crippen molar-refractivity contribution >= 4 is 9.24 Å². The van der Waals surface area contributed by atoms with Gasteiger partial charge in [-0.1, -0.05) is 12.8 Å². The molecule has 1 saturated heterocycles. The molecule has 1 saturated carbocycles. The van der Waals surface area contributed by atoms with Crippen LogP contribution >= 0.6 is 9.24 Å². The van der Waals surface area contributed by atoms with Crippen LogP contribution in [0.4, 0.5) is 0 Å². The summed E-state index contributed by atoms with van der Waals surface area (Å²) in [4.78, 5) is 0. The molecular weight excluding hydrogens is 177 g/mol. The van der Waals surface area contributed by atoms with E-state index in [1.807, 2.05) is 0 Å². The number of hydrogen-bond donors (Lipinski definition) is 1. The van der Waals surface area contributed by atoms with Gasteiger partial charge in [0.2, 0.25) is 0 Å². The molecule has 2 aliphatic rings. The average molecular weight is 199 g/mol. The summed E-state index contributed by atoms with van der Waals surface area (Å²) in [5, 5.41) is 3.53. The quantitative estimate of drug-likeness (QED) is 0.591. The fraction of sp³-hybridized carbons (Fsp3) is 1.00. The van der Waals surface area contributed by atoms with Crippen LogP contribution in [0.15, 0.2) is 0 Å². The summed E-state index contributed by atoms with van der Waals surface area (Å²) in [6, 6.07) is 0. The van der Waals surface area contributed by atoms with Crippen LogP contribution in [0.25, 0.3) is 0 Å². The molecule has 76 valence electrons. The van der Waals surface area contributed by atoms with Gasteiger partial charge in [0.25, 0.3) is 0 Å². The molecule has 4 unspecified atom stereocenters. The SMILES string of the molecule is PC1C2CCCCCNCCCC12. The molecule has 1 aliphatic carbocycles. The Morgan fingerprint density at radius 3 is 2.38 bits per heavy atom. The molecule has 2 fully saturated rings. The van der Waals surface area contributed by atoms with Gasteiger partial charge in [-0.05, 0) is 56.3 Å². The third-order valence-corrected chi connectivity index (χ3v) is 4.67. The number of fused-ring (bicyclic) bond motifs is 1. The van der Waals surface area contributed by atoms with Gasteiger partial charge in [-0.25, -0.2) is 0 Å². The summed E-state index contributed by atoms with van der Waals surface area (Å²) in [5.74, 6) is 2.13. The molecule has 2 rings (SSSR count). The lowest BCUT2D eigenvalue weighted by atomic mass is 10.1. The van der Waals surface area contributed by atoms with Crippen molar-refractivity contribution in [1.29, 1.82) is 0 Å². The van der Waals surface area contributed by atoms with E-state index < -0.39 is 0 Å². The normalized spacial score (nSPS) is 41.8. The lowest BCUT2D eigenvalue weighted by Gasteiger charge is -2.02. The molecule has 0 bridgehead atoms. The summed E-state index contributed by atoms with van der Waals surface area (Å²) in [5.41, 5.74) is 0.972. The highest BCUT2D eigenvalue weighted by molar-refractivity contribution is 7.18. The Hall–Kier alpha value is 0.390. The molecular formula is C11H22NP. The van der Waals surface area contributed by atoms with Gasteiger partial charge in [0.05, 0.1) is 0 Å². The molecule has 0 aromatic rings. The smallest absolute Gasteiger partial charge is 0.00488 e. The van der Waals surface area contributed by atoms with Crippen LogP contribution in [0.5, 0.6) is 0 Å². The third-order valence-electron chi connectivity index (χ3n) is 3.68. The molecule has 0 spiro atoms. The lowest BCUT2D eigenvalue weighted by Crippen LogP contribution is -2.16. The first-order valence-electron chi connectivity index (χ1n) is 5.86. The van der Waals surface area contributed by atoms with Gasteiger partial charge < -0.3 is 5.32 Å². The summed E-state index contributed by atoms with van der Waals surface area (Å²) in [6.45, 7) is 2.50. The van der Waals surface area contributed by atoms with Gasteiger partial charge in [-0.15, -0.1) is 9.24 Å². The van der Waals surface area contributed by atoms with Crippen LogP contribution in [0.3, 0.4) is 0 Å². The maximum atomic E-state index is 3.53. The van der Waals surface area contributed by atoms with Gasteiger partial charge in [0.15, 0.2) is 0 Å². The molecule has 0 aromatic heterocycles. The van der Waals surface area contributed by atoms with E-state index in [-0.39, 0.29) is 0 Å². The highest BCUT2D eigenvalue weighted by Crippen LogP contribution is 2.51. The average Bonchev–Trinajstić information content (AvgIpc) is 2.75. The molecule has 2 heteroatoms. The number of nitrogens with one attached hydrogen (secondary N) is 1. The van der Waals surface area contributed by atoms with Crippen LogP contribution < -0.4 is 5.32 Å². The minimum Gasteiger partial charge on any atom is -0.317 e. The Bertz CT molecular complexity index is 144. The second kappa shape index (κ2) is 4.75. The Morgan fingerprint density at radius 2 is 1.54 bits per heavy atom. The molecule has 1 nitrogen and oxygen atoms in total. The second-order valence-corrected chi connectivity index (χ2v) is 5.42. The van der Waals surface area contributed by atoms with Crippen LogP contribution in [0.1, 0.15) is 38.5 Å². The van der Waals surface area contributed by atoms with E-state index in [9.17, 15) is 0 Å². The molecule has 0 aromatic carbocycles. The van der Waals surface area contributed by atoms with Gasteiger partial charge in [0, 0.05) is 0 Å². The fourth-order valence-corrected chi connectivity index (χ4v) is 3.51. The highest BCUT2D eigenvalue weighted by Gasteiger charge is 2.44. The third kappa shape index (κ3) is 2.67. The molecule has 4 atom stereocenters. The highest BCUT2D eigenvalue weighted by atomic mass is 31.0. The molecule has 0 amide bonds. The number of hydrogen-bond acceptors (Lipinski definition) is 1. The molecule has 1 N–H and O–H groups in total. The minimum atomic E-state index is 0.972. The first-order chi connectivity index (χ1) is 6.39. The van der Waals surface area contributed by atoms with Gasteiger partial charge in [-0.2, -0.15) is 0 Å². The first-order valence-corrected chi connectivity index (χ1v) is 6.52. The van der Waals surface area contributed by atoms with E-state index in [0.717, 1.165) is 17.5 Å². The predicted molar refractivity (Wildman–Crippen MR) is 61.0 cm³/mol.